The van der Waals surface area contributed by atoms with E-state index < -0.39 is 12.1 Å². The lowest BCUT2D eigenvalue weighted by Crippen LogP contribution is -2.45. The number of carbonyl (C=O) groups excluding carboxylic acids is 1. The summed E-state index contributed by atoms with van der Waals surface area (Å²) in [5.74, 6) is -0.0668. The van der Waals surface area contributed by atoms with Crippen LogP contribution in [0.2, 0.25) is 0 Å². The highest BCUT2D eigenvalue weighted by atomic mass is 16.3. The van der Waals surface area contributed by atoms with Gasteiger partial charge in [0.1, 0.15) is 0 Å². The summed E-state index contributed by atoms with van der Waals surface area (Å²) in [4.78, 5) is 12.3. The highest BCUT2D eigenvalue weighted by Gasteiger charge is 2.17. The van der Waals surface area contributed by atoms with Gasteiger partial charge in [0.05, 0.1) is 18.8 Å². The molecule has 44 heavy (non-hydrogen) atoms. The summed E-state index contributed by atoms with van der Waals surface area (Å²) >= 11 is 0. The predicted octanol–water partition coefficient (Wildman–Crippen LogP) is 11.7. The average Bonchev–Trinajstić information content (AvgIpc) is 3.03. The largest absolute Gasteiger partial charge is 0.394 e. The van der Waals surface area contributed by atoms with Crippen LogP contribution in [0.25, 0.3) is 0 Å². The van der Waals surface area contributed by atoms with Crippen molar-refractivity contribution in [2.75, 3.05) is 6.61 Å². The molecule has 0 aliphatic rings. The first-order valence-electron chi connectivity index (χ1n) is 19.6. The van der Waals surface area contributed by atoms with Crippen molar-refractivity contribution in [3.05, 3.63) is 24.3 Å². The summed E-state index contributed by atoms with van der Waals surface area (Å²) in [6, 6.07) is -0.619. The molecule has 0 radical (unpaired) electrons. The molecule has 0 aromatic heterocycles. The number of unbranched alkanes of at least 4 members (excludes halogenated alkanes) is 26. The highest BCUT2D eigenvalue weighted by Crippen LogP contribution is 2.14. The lowest BCUT2D eigenvalue weighted by Gasteiger charge is -2.20. The normalized spacial score (nSPS) is 13.3. The van der Waals surface area contributed by atoms with Gasteiger partial charge in [-0.05, 0) is 44.9 Å². The van der Waals surface area contributed by atoms with E-state index in [4.69, 9.17) is 0 Å². The Balaban J connectivity index is 3.58. The lowest BCUT2D eigenvalue weighted by atomic mass is 10.0. The van der Waals surface area contributed by atoms with Crippen LogP contribution in [0.5, 0.6) is 0 Å². The molecule has 0 saturated heterocycles. The van der Waals surface area contributed by atoms with Crippen molar-refractivity contribution in [3.63, 3.8) is 0 Å². The monoisotopic (exact) mass is 620 g/mol. The Morgan fingerprint density at radius 2 is 0.864 bits per heavy atom. The third-order valence-corrected chi connectivity index (χ3v) is 8.93. The lowest BCUT2D eigenvalue weighted by molar-refractivity contribution is -0.123. The molecule has 0 aromatic rings. The van der Waals surface area contributed by atoms with E-state index in [0.717, 1.165) is 25.7 Å². The van der Waals surface area contributed by atoms with Gasteiger partial charge < -0.3 is 15.5 Å². The van der Waals surface area contributed by atoms with Crippen molar-refractivity contribution in [2.45, 2.75) is 219 Å². The third-order valence-electron chi connectivity index (χ3n) is 8.93. The number of amides is 1. The Morgan fingerprint density at radius 3 is 1.25 bits per heavy atom. The summed E-state index contributed by atoms with van der Waals surface area (Å²) in [7, 11) is 0. The van der Waals surface area contributed by atoms with Gasteiger partial charge in [-0.15, -0.1) is 0 Å². The zero-order valence-corrected chi connectivity index (χ0v) is 29.7. The van der Waals surface area contributed by atoms with Gasteiger partial charge in [0.25, 0.3) is 0 Å². The number of hydrogen-bond donors (Lipinski definition) is 3. The minimum absolute atomic E-state index is 0.0668. The van der Waals surface area contributed by atoms with Crippen LogP contribution < -0.4 is 5.32 Å². The van der Waals surface area contributed by atoms with E-state index in [2.05, 4.69) is 31.3 Å². The van der Waals surface area contributed by atoms with Gasteiger partial charge in [0, 0.05) is 6.42 Å². The molecule has 260 valence electrons. The Morgan fingerprint density at radius 1 is 0.523 bits per heavy atom. The first kappa shape index (κ1) is 42.9. The molecule has 4 heteroatoms. The van der Waals surface area contributed by atoms with E-state index in [9.17, 15) is 15.0 Å². The predicted molar refractivity (Wildman–Crippen MR) is 193 cm³/mol. The van der Waals surface area contributed by atoms with Crippen molar-refractivity contribution >= 4 is 5.91 Å². The van der Waals surface area contributed by atoms with E-state index in [1.807, 2.05) is 6.08 Å². The first-order chi connectivity index (χ1) is 21.7. The number of aliphatic hydroxyl groups is 2. The zero-order chi connectivity index (χ0) is 32.2. The molecule has 0 saturated carbocycles. The van der Waals surface area contributed by atoms with Crippen molar-refractivity contribution in [2.24, 2.45) is 0 Å². The maximum atomic E-state index is 12.3. The summed E-state index contributed by atoms with van der Waals surface area (Å²) < 4.78 is 0. The Kier molecular flexibility index (Phi) is 35.4. The van der Waals surface area contributed by atoms with Crippen LogP contribution in [0.4, 0.5) is 0 Å². The van der Waals surface area contributed by atoms with Gasteiger partial charge in [-0.25, -0.2) is 0 Å². The van der Waals surface area contributed by atoms with Gasteiger partial charge in [-0.1, -0.05) is 179 Å². The maximum absolute atomic E-state index is 12.3. The number of aliphatic hydroxyl groups excluding tert-OH is 2. The fourth-order valence-electron chi connectivity index (χ4n) is 5.88. The van der Waals surface area contributed by atoms with E-state index in [1.54, 1.807) is 6.08 Å². The Hall–Kier alpha value is -1.13. The minimum atomic E-state index is -0.835. The number of rotatable bonds is 35. The summed E-state index contributed by atoms with van der Waals surface area (Å²) in [6.07, 6.45) is 45.5. The molecule has 0 aliphatic heterocycles. The van der Waals surface area contributed by atoms with Crippen LogP contribution in [0.1, 0.15) is 206 Å². The minimum Gasteiger partial charge on any atom is -0.394 e. The smallest absolute Gasteiger partial charge is 0.220 e. The Bertz CT molecular complexity index is 632. The molecule has 0 bridgehead atoms. The van der Waals surface area contributed by atoms with Crippen LogP contribution >= 0.6 is 0 Å². The number of nitrogens with one attached hydrogen (secondary N) is 1. The first-order valence-corrected chi connectivity index (χ1v) is 19.6. The Labute approximate surface area is 275 Å². The van der Waals surface area contributed by atoms with Gasteiger partial charge in [0.2, 0.25) is 5.91 Å². The van der Waals surface area contributed by atoms with E-state index in [1.165, 1.54) is 161 Å². The van der Waals surface area contributed by atoms with Crippen molar-refractivity contribution in [1.82, 2.24) is 5.32 Å². The third kappa shape index (κ3) is 32.3. The highest BCUT2D eigenvalue weighted by molar-refractivity contribution is 5.76. The molecule has 0 heterocycles. The molecule has 3 N–H and O–H groups in total. The molecule has 0 rings (SSSR count). The van der Waals surface area contributed by atoms with E-state index in [-0.39, 0.29) is 12.5 Å². The molecule has 2 atom stereocenters. The zero-order valence-electron chi connectivity index (χ0n) is 29.7. The topological polar surface area (TPSA) is 69.6 Å². The SMILES string of the molecule is CCCCCCCC/C=C\CCCCCCCCCCCC(=O)N[C@@H](CO)[C@H](O)/C=C/CCCCCCCCCCCCC. The van der Waals surface area contributed by atoms with Crippen LogP contribution in [0, 0.1) is 0 Å². The standard InChI is InChI=1S/C40H77NO3/c1-3-5-7-9-11-13-15-17-18-19-20-21-22-24-26-28-30-32-34-36-40(44)41-38(37-42)39(43)35-33-31-29-27-25-23-16-14-12-10-8-6-4-2/h17-18,33,35,38-39,42-43H,3-16,19-32,34,36-37H2,1-2H3,(H,41,44)/b18-17-,35-33+/t38-,39+/m0/s1. The fraction of sp³-hybridized carbons (Fsp3) is 0.875. The summed E-state index contributed by atoms with van der Waals surface area (Å²) in [5, 5.41) is 22.9. The second kappa shape index (κ2) is 36.3. The van der Waals surface area contributed by atoms with Gasteiger partial charge >= 0.3 is 0 Å². The number of allylic oxidation sites excluding steroid dienone is 3. The molecule has 0 fully saturated rings. The van der Waals surface area contributed by atoms with Gasteiger partial charge in [-0.2, -0.15) is 0 Å². The van der Waals surface area contributed by atoms with Crippen molar-refractivity contribution < 1.29 is 15.0 Å². The number of hydrogen-bond acceptors (Lipinski definition) is 3. The molecule has 0 unspecified atom stereocenters. The van der Waals surface area contributed by atoms with Gasteiger partial charge in [0.15, 0.2) is 0 Å². The number of carbonyl (C=O) groups is 1. The maximum Gasteiger partial charge on any atom is 0.220 e. The van der Waals surface area contributed by atoms with Gasteiger partial charge in [-0.3, -0.25) is 4.79 Å². The molecule has 0 aromatic carbocycles. The van der Waals surface area contributed by atoms with Crippen LogP contribution in [-0.4, -0.2) is 34.9 Å². The van der Waals surface area contributed by atoms with Crippen LogP contribution in [0.3, 0.4) is 0 Å². The molecule has 0 aliphatic carbocycles. The second-order valence-corrected chi connectivity index (χ2v) is 13.3. The summed E-state index contributed by atoms with van der Waals surface area (Å²) in [5.41, 5.74) is 0. The molecular formula is C40H77NO3. The average molecular weight is 620 g/mol. The molecule has 1 amide bonds. The van der Waals surface area contributed by atoms with Crippen LogP contribution in [-0.2, 0) is 4.79 Å². The van der Waals surface area contributed by atoms with Crippen LogP contribution in [0.15, 0.2) is 24.3 Å². The van der Waals surface area contributed by atoms with Crippen molar-refractivity contribution in [3.8, 4) is 0 Å². The molecule has 4 nitrogen and oxygen atoms in total. The second-order valence-electron chi connectivity index (χ2n) is 13.3. The quantitative estimate of drug-likeness (QED) is 0.0488. The molecule has 0 spiro atoms. The van der Waals surface area contributed by atoms with E-state index in [0.29, 0.717) is 6.42 Å². The fourth-order valence-corrected chi connectivity index (χ4v) is 5.88. The summed E-state index contributed by atoms with van der Waals surface area (Å²) in [6.45, 7) is 4.30. The van der Waals surface area contributed by atoms with E-state index >= 15 is 0 Å². The molecular weight excluding hydrogens is 542 g/mol. The van der Waals surface area contributed by atoms with Crippen molar-refractivity contribution in [1.29, 1.82) is 0 Å².